The van der Waals surface area contributed by atoms with E-state index in [4.69, 9.17) is 0 Å². The average molecular weight is 258 g/mol. The zero-order valence-corrected chi connectivity index (χ0v) is 11.2. The van der Waals surface area contributed by atoms with Gasteiger partial charge in [0.1, 0.15) is 0 Å². The first kappa shape index (κ1) is 13.1. The summed E-state index contributed by atoms with van der Waals surface area (Å²) in [5.74, 6) is 0.0212. The van der Waals surface area contributed by atoms with Gasteiger partial charge in [-0.05, 0) is 24.6 Å². The molecule has 1 aromatic carbocycles. The van der Waals surface area contributed by atoms with E-state index in [1.54, 1.807) is 13.4 Å². The Labute approximate surface area is 112 Å². The Balaban J connectivity index is 1.92. The molecule has 0 aliphatic rings. The van der Waals surface area contributed by atoms with Gasteiger partial charge in [0.25, 0.3) is 0 Å². The third-order valence-corrected chi connectivity index (χ3v) is 2.99. The molecule has 1 amide bonds. The van der Waals surface area contributed by atoms with E-state index in [-0.39, 0.29) is 5.91 Å². The molecule has 0 bridgehead atoms. The van der Waals surface area contributed by atoms with Crippen LogP contribution in [0.25, 0.3) is 0 Å². The summed E-state index contributed by atoms with van der Waals surface area (Å²) in [5, 5.41) is 5.91. The summed E-state index contributed by atoms with van der Waals surface area (Å²) in [6.45, 7) is 2.68. The first-order valence-corrected chi connectivity index (χ1v) is 6.21. The van der Waals surface area contributed by atoms with Gasteiger partial charge in [-0.2, -0.15) is 0 Å². The largest absolute Gasteiger partial charge is 0.379 e. The number of benzene rings is 1. The van der Waals surface area contributed by atoms with Gasteiger partial charge in [-0.3, -0.25) is 4.79 Å². The fourth-order valence-electron chi connectivity index (χ4n) is 1.77. The molecule has 0 atom stereocenters. The molecule has 0 spiro atoms. The quantitative estimate of drug-likeness (QED) is 0.763. The Morgan fingerprint density at radius 3 is 2.63 bits per heavy atom. The van der Waals surface area contributed by atoms with E-state index in [9.17, 15) is 4.79 Å². The molecule has 0 unspecified atom stereocenters. The molecule has 3 N–H and O–H groups in total. The lowest BCUT2D eigenvalue weighted by molar-refractivity contribution is -0.119. The number of carbonyl (C=O) groups excluding carboxylic acids is 1. The van der Waals surface area contributed by atoms with E-state index in [1.165, 1.54) is 0 Å². The number of aryl methyl sites for hydroxylation is 1. The standard InChI is InChI=1S/C14H18N4O/c1-10-13(18-9-17-10)8-16-12-5-3-11(4-6-12)7-14(19)15-2/h3-6,9,16H,7-8H2,1-2H3,(H,15,19)(H,17,18). The molecule has 1 aromatic heterocycles. The second-order valence-corrected chi connectivity index (χ2v) is 4.37. The monoisotopic (exact) mass is 258 g/mol. The van der Waals surface area contributed by atoms with Crippen molar-refractivity contribution in [1.29, 1.82) is 0 Å². The molecular weight excluding hydrogens is 240 g/mol. The lowest BCUT2D eigenvalue weighted by atomic mass is 10.1. The summed E-state index contributed by atoms with van der Waals surface area (Å²) in [7, 11) is 1.64. The maximum absolute atomic E-state index is 11.2. The number of hydrogen-bond donors (Lipinski definition) is 3. The van der Waals surface area contributed by atoms with Gasteiger partial charge in [0, 0.05) is 18.4 Å². The van der Waals surface area contributed by atoms with Crippen molar-refractivity contribution < 1.29 is 4.79 Å². The van der Waals surface area contributed by atoms with Crippen LogP contribution in [0.15, 0.2) is 30.6 Å². The fraction of sp³-hybridized carbons (Fsp3) is 0.286. The highest BCUT2D eigenvalue weighted by Gasteiger charge is 2.02. The Hall–Kier alpha value is -2.30. The van der Waals surface area contributed by atoms with E-state index in [1.807, 2.05) is 31.2 Å². The van der Waals surface area contributed by atoms with Crippen LogP contribution in [0.3, 0.4) is 0 Å². The normalized spacial score (nSPS) is 10.2. The van der Waals surface area contributed by atoms with Gasteiger partial charge in [0.2, 0.25) is 5.91 Å². The first-order valence-electron chi connectivity index (χ1n) is 6.21. The maximum atomic E-state index is 11.2. The van der Waals surface area contributed by atoms with Crippen molar-refractivity contribution in [2.24, 2.45) is 0 Å². The molecule has 2 aromatic rings. The minimum absolute atomic E-state index is 0.0212. The summed E-state index contributed by atoms with van der Waals surface area (Å²) in [6, 6.07) is 7.85. The average Bonchev–Trinajstić information content (AvgIpc) is 2.83. The zero-order chi connectivity index (χ0) is 13.7. The second kappa shape index (κ2) is 6.04. The minimum atomic E-state index is 0.0212. The van der Waals surface area contributed by atoms with Crippen LogP contribution >= 0.6 is 0 Å². The number of anilines is 1. The van der Waals surface area contributed by atoms with Crippen LogP contribution in [-0.2, 0) is 17.8 Å². The lowest BCUT2D eigenvalue weighted by Gasteiger charge is -2.06. The van der Waals surface area contributed by atoms with Gasteiger partial charge in [-0.1, -0.05) is 12.1 Å². The van der Waals surface area contributed by atoms with Crippen LogP contribution in [0.1, 0.15) is 17.0 Å². The third-order valence-electron chi connectivity index (χ3n) is 2.99. The Bertz CT molecular complexity index is 545. The predicted octanol–water partition coefficient (Wildman–Crippen LogP) is 1.62. The van der Waals surface area contributed by atoms with Crippen LogP contribution < -0.4 is 10.6 Å². The molecule has 2 rings (SSSR count). The van der Waals surface area contributed by atoms with Crippen LogP contribution in [0.5, 0.6) is 0 Å². The number of likely N-dealkylation sites (N-methyl/N-ethyl adjacent to an activating group) is 1. The summed E-state index contributed by atoms with van der Waals surface area (Å²) in [6.07, 6.45) is 2.11. The Kier molecular flexibility index (Phi) is 4.18. The van der Waals surface area contributed by atoms with E-state index in [0.717, 1.165) is 22.6 Å². The predicted molar refractivity (Wildman–Crippen MR) is 74.9 cm³/mol. The number of nitrogens with zero attached hydrogens (tertiary/aromatic N) is 1. The number of nitrogens with one attached hydrogen (secondary N) is 3. The first-order chi connectivity index (χ1) is 9.19. The van der Waals surface area contributed by atoms with Crippen LogP contribution in [0.4, 0.5) is 5.69 Å². The molecule has 1 heterocycles. The highest BCUT2D eigenvalue weighted by atomic mass is 16.1. The summed E-state index contributed by atoms with van der Waals surface area (Å²) in [4.78, 5) is 18.5. The molecule has 0 aliphatic carbocycles. The summed E-state index contributed by atoms with van der Waals surface area (Å²) in [5.41, 5.74) is 4.10. The fourth-order valence-corrected chi connectivity index (χ4v) is 1.77. The van der Waals surface area contributed by atoms with Gasteiger partial charge < -0.3 is 15.6 Å². The maximum Gasteiger partial charge on any atom is 0.224 e. The smallest absolute Gasteiger partial charge is 0.224 e. The van der Waals surface area contributed by atoms with Crippen molar-refractivity contribution in [3.63, 3.8) is 0 Å². The number of hydrogen-bond acceptors (Lipinski definition) is 3. The van der Waals surface area contributed by atoms with E-state index >= 15 is 0 Å². The number of aromatic amines is 1. The summed E-state index contributed by atoms with van der Waals surface area (Å²) >= 11 is 0. The number of aromatic nitrogens is 2. The van der Waals surface area contributed by atoms with Crippen LogP contribution in [0.2, 0.25) is 0 Å². The van der Waals surface area contributed by atoms with Gasteiger partial charge >= 0.3 is 0 Å². The number of H-pyrrole nitrogens is 1. The Morgan fingerprint density at radius 1 is 1.32 bits per heavy atom. The molecular formula is C14H18N4O. The van der Waals surface area contributed by atoms with Crippen molar-refractivity contribution in [3.8, 4) is 0 Å². The van der Waals surface area contributed by atoms with E-state index < -0.39 is 0 Å². The number of amides is 1. The minimum Gasteiger partial charge on any atom is -0.379 e. The van der Waals surface area contributed by atoms with Crippen LogP contribution in [0, 0.1) is 6.92 Å². The lowest BCUT2D eigenvalue weighted by Crippen LogP contribution is -2.19. The van der Waals surface area contributed by atoms with Crippen molar-refractivity contribution in [3.05, 3.63) is 47.5 Å². The SMILES string of the molecule is CNC(=O)Cc1ccc(NCc2nc[nH]c2C)cc1. The van der Waals surface area contributed by atoms with E-state index in [0.29, 0.717) is 13.0 Å². The molecule has 19 heavy (non-hydrogen) atoms. The number of rotatable bonds is 5. The van der Waals surface area contributed by atoms with Crippen molar-refractivity contribution in [1.82, 2.24) is 15.3 Å². The Morgan fingerprint density at radius 2 is 2.05 bits per heavy atom. The topological polar surface area (TPSA) is 69.8 Å². The second-order valence-electron chi connectivity index (χ2n) is 4.37. The third kappa shape index (κ3) is 3.58. The van der Waals surface area contributed by atoms with E-state index in [2.05, 4.69) is 20.6 Å². The molecule has 5 heteroatoms. The van der Waals surface area contributed by atoms with Crippen molar-refractivity contribution in [2.75, 3.05) is 12.4 Å². The molecule has 100 valence electrons. The molecule has 0 fully saturated rings. The van der Waals surface area contributed by atoms with Gasteiger partial charge in [0.05, 0.1) is 25.0 Å². The molecule has 0 aliphatic heterocycles. The number of carbonyl (C=O) groups is 1. The molecule has 5 nitrogen and oxygen atoms in total. The van der Waals surface area contributed by atoms with Crippen molar-refractivity contribution in [2.45, 2.75) is 19.9 Å². The molecule has 0 saturated heterocycles. The van der Waals surface area contributed by atoms with Gasteiger partial charge in [-0.15, -0.1) is 0 Å². The molecule has 0 radical (unpaired) electrons. The van der Waals surface area contributed by atoms with Crippen molar-refractivity contribution >= 4 is 11.6 Å². The molecule has 0 saturated carbocycles. The van der Waals surface area contributed by atoms with Crippen LogP contribution in [-0.4, -0.2) is 22.9 Å². The number of imidazole rings is 1. The highest BCUT2D eigenvalue weighted by Crippen LogP contribution is 2.12. The van der Waals surface area contributed by atoms with Gasteiger partial charge in [0.15, 0.2) is 0 Å². The highest BCUT2D eigenvalue weighted by molar-refractivity contribution is 5.78. The zero-order valence-electron chi connectivity index (χ0n) is 11.2. The van der Waals surface area contributed by atoms with Gasteiger partial charge in [-0.25, -0.2) is 4.98 Å². The summed E-state index contributed by atoms with van der Waals surface area (Å²) < 4.78 is 0.